The van der Waals surface area contributed by atoms with E-state index in [-0.39, 0.29) is 23.3 Å². The number of hydrogen-bond donors (Lipinski definition) is 1. The van der Waals surface area contributed by atoms with Crippen LogP contribution in [0.3, 0.4) is 0 Å². The molecule has 0 atom stereocenters. The van der Waals surface area contributed by atoms with Crippen molar-refractivity contribution in [3.63, 3.8) is 0 Å². The van der Waals surface area contributed by atoms with E-state index < -0.39 is 11.6 Å². The van der Waals surface area contributed by atoms with Crippen LogP contribution in [0.2, 0.25) is 0 Å². The molecule has 0 radical (unpaired) electrons. The van der Waals surface area contributed by atoms with Crippen molar-refractivity contribution < 1.29 is 22.7 Å². The van der Waals surface area contributed by atoms with Crippen LogP contribution in [0.15, 0.2) is 29.2 Å². The highest BCUT2D eigenvalue weighted by Crippen LogP contribution is 2.36. The van der Waals surface area contributed by atoms with Crippen LogP contribution in [0.1, 0.15) is 5.56 Å². The summed E-state index contributed by atoms with van der Waals surface area (Å²) in [5.74, 6) is 0. The van der Waals surface area contributed by atoms with Crippen LogP contribution in [0.5, 0.6) is 0 Å². The monoisotopic (exact) mass is 320 g/mol. The molecule has 2 rings (SSSR count). The van der Waals surface area contributed by atoms with Gasteiger partial charge in [0.1, 0.15) is 6.61 Å². The Balaban J connectivity index is 1.81. The van der Waals surface area contributed by atoms with Crippen molar-refractivity contribution in [2.45, 2.75) is 17.0 Å². The smallest absolute Gasteiger partial charge is 0.445 e. The fraction of sp³-hybridized carbons (Fsp3) is 0.462. The van der Waals surface area contributed by atoms with E-state index >= 15 is 0 Å². The van der Waals surface area contributed by atoms with Crippen molar-refractivity contribution in [3.8, 4) is 0 Å². The molecular formula is C13H15F3N2O2S. The fourth-order valence-electron chi connectivity index (χ4n) is 1.87. The molecule has 0 spiro atoms. The molecule has 21 heavy (non-hydrogen) atoms. The second kappa shape index (κ2) is 7.04. The standard InChI is InChI=1S/C13H15F3N2O2S/c14-13(15,16)21-11-3-1-10(2-4-11)9-20-12(19)18-7-5-17-6-8-18/h1-4,17H,5-9H2. The van der Waals surface area contributed by atoms with E-state index in [4.69, 9.17) is 4.74 Å². The lowest BCUT2D eigenvalue weighted by atomic mass is 10.2. The average Bonchev–Trinajstić information content (AvgIpc) is 2.45. The zero-order valence-electron chi connectivity index (χ0n) is 11.2. The molecule has 116 valence electrons. The van der Waals surface area contributed by atoms with Gasteiger partial charge in [-0.25, -0.2) is 4.79 Å². The Kier molecular flexibility index (Phi) is 5.35. The molecule has 0 unspecified atom stereocenters. The first-order chi connectivity index (χ1) is 9.94. The molecule has 0 aromatic heterocycles. The third kappa shape index (κ3) is 5.47. The van der Waals surface area contributed by atoms with Crippen LogP contribution in [0, 0.1) is 0 Å². The summed E-state index contributed by atoms with van der Waals surface area (Å²) >= 11 is -0.166. The van der Waals surface area contributed by atoms with Gasteiger partial charge in [0.25, 0.3) is 0 Å². The zero-order chi connectivity index (χ0) is 15.3. The van der Waals surface area contributed by atoms with Crippen molar-refractivity contribution in [1.82, 2.24) is 10.2 Å². The third-order valence-corrected chi connectivity index (χ3v) is 3.63. The van der Waals surface area contributed by atoms with Gasteiger partial charge in [-0.1, -0.05) is 12.1 Å². The van der Waals surface area contributed by atoms with E-state index in [1.807, 2.05) is 0 Å². The number of alkyl halides is 3. The number of carbonyl (C=O) groups is 1. The van der Waals surface area contributed by atoms with Crippen molar-refractivity contribution in [1.29, 1.82) is 0 Å². The van der Waals surface area contributed by atoms with Gasteiger partial charge >= 0.3 is 11.6 Å². The third-order valence-electron chi connectivity index (χ3n) is 2.89. The molecule has 8 heteroatoms. The lowest BCUT2D eigenvalue weighted by Crippen LogP contribution is -2.46. The number of piperazine rings is 1. The minimum Gasteiger partial charge on any atom is -0.445 e. The average molecular weight is 320 g/mol. The summed E-state index contributed by atoms with van der Waals surface area (Å²) in [5.41, 5.74) is -3.64. The van der Waals surface area contributed by atoms with Gasteiger partial charge in [0.2, 0.25) is 0 Å². The van der Waals surface area contributed by atoms with Gasteiger partial charge in [0.15, 0.2) is 0 Å². The number of rotatable bonds is 3. The predicted octanol–water partition coefficient (Wildman–Crippen LogP) is 2.84. The molecule has 1 heterocycles. The van der Waals surface area contributed by atoms with Crippen molar-refractivity contribution >= 4 is 17.9 Å². The van der Waals surface area contributed by atoms with E-state index in [9.17, 15) is 18.0 Å². The fourth-order valence-corrected chi connectivity index (χ4v) is 2.41. The molecule has 1 aromatic carbocycles. The minimum atomic E-state index is -4.30. The Morgan fingerprint density at radius 2 is 1.86 bits per heavy atom. The van der Waals surface area contributed by atoms with E-state index in [0.29, 0.717) is 18.7 Å². The van der Waals surface area contributed by atoms with Gasteiger partial charge in [-0.3, -0.25) is 0 Å². The van der Waals surface area contributed by atoms with Crippen LogP contribution >= 0.6 is 11.8 Å². The number of thioether (sulfide) groups is 1. The summed E-state index contributed by atoms with van der Waals surface area (Å²) in [6.45, 7) is 2.72. The highest BCUT2D eigenvalue weighted by molar-refractivity contribution is 8.00. The lowest BCUT2D eigenvalue weighted by Gasteiger charge is -2.26. The van der Waals surface area contributed by atoms with Crippen LogP contribution in [0.4, 0.5) is 18.0 Å². The molecule has 4 nitrogen and oxygen atoms in total. The Labute approximate surface area is 124 Å². The van der Waals surface area contributed by atoms with E-state index in [1.165, 1.54) is 24.3 Å². The first-order valence-electron chi connectivity index (χ1n) is 6.41. The van der Waals surface area contributed by atoms with Gasteiger partial charge in [0, 0.05) is 31.1 Å². The van der Waals surface area contributed by atoms with E-state index in [1.54, 1.807) is 4.90 Å². The number of ether oxygens (including phenoxy) is 1. The summed E-state index contributed by atoms with van der Waals surface area (Å²) < 4.78 is 41.7. The molecule has 1 saturated heterocycles. The van der Waals surface area contributed by atoms with Crippen molar-refractivity contribution in [2.24, 2.45) is 0 Å². The molecule has 0 bridgehead atoms. The summed E-state index contributed by atoms with van der Waals surface area (Å²) in [7, 11) is 0. The maximum Gasteiger partial charge on any atom is 0.446 e. The second-order valence-corrected chi connectivity index (χ2v) is 5.62. The van der Waals surface area contributed by atoms with Crippen molar-refractivity contribution in [2.75, 3.05) is 26.2 Å². The largest absolute Gasteiger partial charge is 0.446 e. The Hall–Kier alpha value is -1.41. The number of hydrogen-bond acceptors (Lipinski definition) is 4. The first kappa shape index (κ1) is 16.0. The summed E-state index contributed by atoms with van der Waals surface area (Å²) in [6, 6.07) is 5.79. The second-order valence-electron chi connectivity index (χ2n) is 4.48. The number of halogens is 3. The highest BCUT2D eigenvalue weighted by atomic mass is 32.2. The van der Waals surface area contributed by atoms with Gasteiger partial charge < -0.3 is 15.0 Å². The van der Waals surface area contributed by atoms with Crippen LogP contribution in [0.25, 0.3) is 0 Å². The molecule has 0 saturated carbocycles. The number of carbonyl (C=O) groups excluding carboxylic acids is 1. The number of nitrogens with one attached hydrogen (secondary N) is 1. The molecule has 1 aliphatic rings. The van der Waals surface area contributed by atoms with Crippen LogP contribution in [-0.2, 0) is 11.3 Å². The topological polar surface area (TPSA) is 41.6 Å². The molecule has 0 aliphatic carbocycles. The van der Waals surface area contributed by atoms with E-state index in [0.717, 1.165) is 13.1 Å². The van der Waals surface area contributed by atoms with Gasteiger partial charge in [-0.15, -0.1) is 0 Å². The summed E-state index contributed by atoms with van der Waals surface area (Å²) in [4.78, 5) is 13.5. The lowest BCUT2D eigenvalue weighted by molar-refractivity contribution is -0.0328. The minimum absolute atomic E-state index is 0.0553. The maximum atomic E-state index is 12.2. The number of nitrogens with zero attached hydrogens (tertiary/aromatic N) is 1. The van der Waals surface area contributed by atoms with Crippen LogP contribution in [-0.4, -0.2) is 42.7 Å². The molecule has 1 aromatic rings. The zero-order valence-corrected chi connectivity index (χ0v) is 12.0. The predicted molar refractivity (Wildman–Crippen MR) is 73.0 cm³/mol. The molecule has 1 N–H and O–H groups in total. The first-order valence-corrected chi connectivity index (χ1v) is 7.23. The van der Waals surface area contributed by atoms with E-state index in [2.05, 4.69) is 5.32 Å². The Bertz CT molecular complexity index is 473. The highest BCUT2D eigenvalue weighted by Gasteiger charge is 2.29. The number of benzene rings is 1. The normalized spacial score (nSPS) is 15.9. The molecule has 1 aliphatic heterocycles. The number of amides is 1. The van der Waals surface area contributed by atoms with Crippen molar-refractivity contribution in [3.05, 3.63) is 29.8 Å². The molecular weight excluding hydrogens is 305 g/mol. The Morgan fingerprint density at radius 3 is 2.43 bits per heavy atom. The van der Waals surface area contributed by atoms with Crippen LogP contribution < -0.4 is 5.32 Å². The van der Waals surface area contributed by atoms with Gasteiger partial charge in [0.05, 0.1) is 0 Å². The summed E-state index contributed by atoms with van der Waals surface area (Å²) in [5, 5.41) is 3.12. The molecule has 1 fully saturated rings. The van der Waals surface area contributed by atoms with Gasteiger partial charge in [-0.05, 0) is 29.5 Å². The maximum absolute atomic E-state index is 12.2. The van der Waals surface area contributed by atoms with Gasteiger partial charge in [-0.2, -0.15) is 13.2 Å². The Morgan fingerprint density at radius 1 is 1.24 bits per heavy atom. The SMILES string of the molecule is O=C(OCc1ccc(SC(F)(F)F)cc1)N1CCNCC1. The molecule has 1 amide bonds. The quantitative estimate of drug-likeness (QED) is 0.870. The summed E-state index contributed by atoms with van der Waals surface area (Å²) in [6.07, 6.45) is -0.398.